The predicted octanol–water partition coefficient (Wildman–Crippen LogP) is 7.45. The molecule has 0 saturated heterocycles. The van der Waals surface area contributed by atoms with Gasteiger partial charge in [0.1, 0.15) is 6.61 Å². The van der Waals surface area contributed by atoms with E-state index in [-0.39, 0.29) is 5.56 Å². The van der Waals surface area contributed by atoms with Crippen molar-refractivity contribution in [3.63, 3.8) is 0 Å². The second-order valence-corrected chi connectivity index (χ2v) is 10.1. The van der Waals surface area contributed by atoms with Crippen LogP contribution in [-0.4, -0.2) is 22.5 Å². The Bertz CT molecular complexity index is 1680. The number of hydrogen-bond donors (Lipinski definition) is 0. The quantitative estimate of drug-likeness (QED) is 0.167. The van der Waals surface area contributed by atoms with E-state index in [0.717, 1.165) is 25.6 Å². The van der Waals surface area contributed by atoms with E-state index in [9.17, 15) is 4.79 Å². The van der Waals surface area contributed by atoms with Crippen LogP contribution in [0.3, 0.4) is 0 Å². The van der Waals surface area contributed by atoms with Crippen LogP contribution in [0.4, 0.5) is 0 Å². The molecule has 0 aliphatic heterocycles. The number of nitrogens with zero attached hydrogens (tertiary/aromatic N) is 3. The van der Waals surface area contributed by atoms with Gasteiger partial charge in [0, 0.05) is 20.1 Å². The normalized spacial score (nSPS) is 11.2. The van der Waals surface area contributed by atoms with Gasteiger partial charge in [0.15, 0.2) is 17.3 Å². The summed E-state index contributed by atoms with van der Waals surface area (Å²) in [7, 11) is 0. The molecule has 190 valence electrons. The highest BCUT2D eigenvalue weighted by atomic mass is 79.9. The van der Waals surface area contributed by atoms with Gasteiger partial charge in [0.2, 0.25) is 0 Å². The molecule has 0 amide bonds. The monoisotopic (exact) mass is 631 g/mol. The van der Waals surface area contributed by atoms with Crippen molar-refractivity contribution in [2.75, 3.05) is 6.61 Å². The van der Waals surface area contributed by atoms with Gasteiger partial charge in [0.25, 0.3) is 5.56 Å². The molecule has 1 heterocycles. The Labute approximate surface area is 236 Å². The van der Waals surface area contributed by atoms with E-state index in [4.69, 9.17) is 14.5 Å². The van der Waals surface area contributed by atoms with Crippen LogP contribution in [0.5, 0.6) is 11.5 Å². The lowest BCUT2D eigenvalue weighted by atomic mass is 10.2. The zero-order valence-electron chi connectivity index (χ0n) is 20.5. The molecule has 4 aromatic carbocycles. The third-order valence-electron chi connectivity index (χ3n) is 5.77. The Morgan fingerprint density at radius 2 is 1.68 bits per heavy atom. The summed E-state index contributed by atoms with van der Waals surface area (Å²) in [4.78, 5) is 18.1. The molecule has 0 aliphatic rings. The van der Waals surface area contributed by atoms with Gasteiger partial charge < -0.3 is 9.47 Å². The Balaban J connectivity index is 1.48. The first-order valence-electron chi connectivity index (χ1n) is 12.0. The number of ether oxygens (including phenoxy) is 2. The van der Waals surface area contributed by atoms with Crippen molar-refractivity contribution < 1.29 is 9.47 Å². The number of para-hydroxylation sites is 1. The second kappa shape index (κ2) is 11.8. The smallest absolute Gasteiger partial charge is 0.282 e. The largest absolute Gasteiger partial charge is 0.490 e. The lowest BCUT2D eigenvalue weighted by molar-refractivity contribution is 0.269. The van der Waals surface area contributed by atoms with E-state index in [1.165, 1.54) is 4.68 Å². The number of rotatable bonds is 8. The maximum Gasteiger partial charge on any atom is 0.282 e. The predicted molar refractivity (Wildman–Crippen MR) is 158 cm³/mol. The first-order chi connectivity index (χ1) is 18.5. The molecule has 0 unspecified atom stereocenters. The summed E-state index contributed by atoms with van der Waals surface area (Å²) in [5.74, 6) is 1.68. The van der Waals surface area contributed by atoms with Gasteiger partial charge in [-0.25, -0.2) is 4.98 Å². The molecule has 5 rings (SSSR count). The van der Waals surface area contributed by atoms with Gasteiger partial charge in [-0.2, -0.15) is 9.78 Å². The summed E-state index contributed by atoms with van der Waals surface area (Å²) >= 11 is 7.05. The number of halogens is 2. The van der Waals surface area contributed by atoms with Crippen molar-refractivity contribution in [1.29, 1.82) is 0 Å². The fourth-order valence-electron chi connectivity index (χ4n) is 3.92. The van der Waals surface area contributed by atoms with E-state index in [2.05, 4.69) is 37.0 Å². The molecule has 8 heteroatoms. The summed E-state index contributed by atoms with van der Waals surface area (Å²) in [6, 6.07) is 28.3. The van der Waals surface area contributed by atoms with Gasteiger partial charge in [-0.05, 0) is 55.0 Å². The Morgan fingerprint density at radius 1 is 0.895 bits per heavy atom. The SMILES string of the molecule is CCOc1cc(C=Nn2c(-c3ccccc3)nc3ccccc3c2=O)ccc1OCc1ccc(Br)cc1Br. The molecule has 0 N–H and O–H groups in total. The second-order valence-electron chi connectivity index (χ2n) is 8.34. The van der Waals surface area contributed by atoms with E-state index in [1.54, 1.807) is 12.3 Å². The number of fused-ring (bicyclic) bond motifs is 1. The summed E-state index contributed by atoms with van der Waals surface area (Å²) in [5, 5.41) is 5.06. The third-order valence-corrected chi connectivity index (χ3v) is 7.01. The maximum absolute atomic E-state index is 13.4. The average molecular weight is 633 g/mol. The highest BCUT2D eigenvalue weighted by molar-refractivity contribution is 9.11. The maximum atomic E-state index is 13.4. The number of benzene rings is 4. The van der Waals surface area contributed by atoms with Crippen molar-refractivity contribution in [2.24, 2.45) is 5.10 Å². The van der Waals surface area contributed by atoms with Crippen molar-refractivity contribution in [3.05, 3.63) is 121 Å². The van der Waals surface area contributed by atoms with Crippen molar-refractivity contribution in [2.45, 2.75) is 13.5 Å². The first-order valence-corrected chi connectivity index (χ1v) is 13.6. The molecule has 5 aromatic rings. The Kier molecular flexibility index (Phi) is 8.00. The highest BCUT2D eigenvalue weighted by Gasteiger charge is 2.13. The number of hydrogen-bond acceptors (Lipinski definition) is 5. The zero-order valence-corrected chi connectivity index (χ0v) is 23.6. The number of aromatic nitrogens is 2. The Hall–Kier alpha value is -3.75. The van der Waals surface area contributed by atoms with Gasteiger partial charge >= 0.3 is 0 Å². The fraction of sp³-hybridized carbons (Fsp3) is 0.100. The van der Waals surface area contributed by atoms with Crippen molar-refractivity contribution in [3.8, 4) is 22.9 Å². The van der Waals surface area contributed by atoms with Gasteiger partial charge in [-0.1, -0.05) is 80.4 Å². The van der Waals surface area contributed by atoms with Crippen LogP contribution in [0.1, 0.15) is 18.1 Å². The Morgan fingerprint density at radius 3 is 2.47 bits per heavy atom. The lowest BCUT2D eigenvalue weighted by Crippen LogP contribution is -2.20. The van der Waals surface area contributed by atoms with Crippen LogP contribution in [0, 0.1) is 0 Å². The zero-order chi connectivity index (χ0) is 26.5. The topological polar surface area (TPSA) is 65.7 Å². The molecule has 0 saturated carbocycles. The van der Waals surface area contributed by atoms with Crippen LogP contribution in [0.15, 0.2) is 110 Å². The van der Waals surface area contributed by atoms with Crippen LogP contribution in [-0.2, 0) is 6.61 Å². The minimum Gasteiger partial charge on any atom is -0.490 e. The molecule has 38 heavy (non-hydrogen) atoms. The molecule has 0 bridgehead atoms. The van der Waals surface area contributed by atoms with Gasteiger partial charge in [-0.3, -0.25) is 4.79 Å². The third kappa shape index (κ3) is 5.71. The fourth-order valence-corrected chi connectivity index (χ4v) is 5.08. The summed E-state index contributed by atoms with van der Waals surface area (Å²) in [5.41, 5.74) is 2.95. The van der Waals surface area contributed by atoms with Crippen molar-refractivity contribution >= 4 is 49.0 Å². The summed E-state index contributed by atoms with van der Waals surface area (Å²) < 4.78 is 15.2. The van der Waals surface area contributed by atoms with E-state index in [0.29, 0.717) is 41.4 Å². The summed E-state index contributed by atoms with van der Waals surface area (Å²) in [6.07, 6.45) is 1.63. The molecular weight excluding hydrogens is 610 g/mol. The minimum atomic E-state index is -0.240. The summed E-state index contributed by atoms with van der Waals surface area (Å²) in [6.45, 7) is 2.77. The molecule has 0 atom stereocenters. The first kappa shape index (κ1) is 25.9. The molecule has 0 spiro atoms. The molecule has 0 fully saturated rings. The van der Waals surface area contributed by atoms with E-state index < -0.39 is 0 Å². The van der Waals surface area contributed by atoms with Crippen molar-refractivity contribution in [1.82, 2.24) is 9.66 Å². The standard InChI is InChI=1S/C30H23Br2N3O3/c1-2-37-28-16-20(12-15-27(28)38-19-22-13-14-23(31)17-25(22)32)18-33-35-29(21-8-4-3-5-9-21)34-26-11-7-6-10-24(26)30(35)36/h3-18H,2,19H2,1H3. The van der Waals surface area contributed by atoms with Crippen LogP contribution >= 0.6 is 31.9 Å². The molecule has 0 aliphatic carbocycles. The van der Waals surface area contributed by atoms with E-state index >= 15 is 0 Å². The highest BCUT2D eigenvalue weighted by Crippen LogP contribution is 2.30. The molecule has 6 nitrogen and oxygen atoms in total. The molecular formula is C30H23Br2N3O3. The lowest BCUT2D eigenvalue weighted by Gasteiger charge is -2.13. The van der Waals surface area contributed by atoms with Crippen LogP contribution < -0.4 is 15.0 Å². The molecule has 0 radical (unpaired) electrons. The average Bonchev–Trinajstić information content (AvgIpc) is 2.93. The van der Waals surface area contributed by atoms with Crippen LogP contribution in [0.2, 0.25) is 0 Å². The minimum absolute atomic E-state index is 0.240. The van der Waals surface area contributed by atoms with E-state index in [1.807, 2.05) is 91.9 Å². The molecule has 1 aromatic heterocycles. The van der Waals surface area contributed by atoms with Gasteiger partial charge in [0.05, 0.1) is 23.7 Å². The van der Waals surface area contributed by atoms with Gasteiger partial charge in [-0.15, -0.1) is 0 Å². The van der Waals surface area contributed by atoms with Crippen LogP contribution in [0.25, 0.3) is 22.3 Å².